The molecule has 0 radical (unpaired) electrons. The molecule has 2 aliphatic rings. The number of piperidine rings is 1. The van der Waals surface area contributed by atoms with Gasteiger partial charge in [0.15, 0.2) is 0 Å². The van der Waals surface area contributed by atoms with Crippen LogP contribution in [0.5, 0.6) is 5.75 Å². The SMILES string of the molecule is C[C@H]1CCCCN1C(=O)CN1C(=O)S/C(=C\c2ccccc2O)C1=O. The number of imide groups is 1. The lowest BCUT2D eigenvalue weighted by molar-refractivity contribution is -0.138. The summed E-state index contributed by atoms with van der Waals surface area (Å²) in [5.41, 5.74) is 0.462. The van der Waals surface area contributed by atoms with Gasteiger partial charge >= 0.3 is 0 Å². The average Bonchev–Trinajstić information content (AvgIpc) is 2.85. The Labute approximate surface area is 150 Å². The molecule has 2 heterocycles. The fraction of sp³-hybridized carbons (Fsp3) is 0.389. The monoisotopic (exact) mass is 360 g/mol. The fourth-order valence-corrected chi connectivity index (χ4v) is 3.91. The van der Waals surface area contributed by atoms with Crippen molar-refractivity contribution in [2.75, 3.05) is 13.1 Å². The Hall–Kier alpha value is -2.28. The minimum atomic E-state index is -0.490. The summed E-state index contributed by atoms with van der Waals surface area (Å²) < 4.78 is 0. The number of nitrogens with zero attached hydrogens (tertiary/aromatic N) is 2. The fourth-order valence-electron chi connectivity index (χ4n) is 3.08. The van der Waals surface area contributed by atoms with Crippen LogP contribution in [0.1, 0.15) is 31.7 Å². The number of amides is 3. The van der Waals surface area contributed by atoms with Crippen LogP contribution in [0.2, 0.25) is 0 Å². The van der Waals surface area contributed by atoms with Gasteiger partial charge in [-0.2, -0.15) is 0 Å². The second-order valence-electron chi connectivity index (χ2n) is 6.26. The van der Waals surface area contributed by atoms with Crippen LogP contribution < -0.4 is 0 Å². The summed E-state index contributed by atoms with van der Waals surface area (Å²) in [4.78, 5) is 40.1. The summed E-state index contributed by atoms with van der Waals surface area (Å²) in [7, 11) is 0. The van der Waals surface area contributed by atoms with Gasteiger partial charge in [-0.05, 0) is 50.1 Å². The van der Waals surface area contributed by atoms with E-state index >= 15 is 0 Å². The second-order valence-corrected chi connectivity index (χ2v) is 7.25. The largest absolute Gasteiger partial charge is 0.507 e. The molecule has 2 aliphatic heterocycles. The molecule has 3 rings (SSSR count). The molecule has 25 heavy (non-hydrogen) atoms. The molecule has 0 unspecified atom stereocenters. The highest BCUT2D eigenvalue weighted by atomic mass is 32.2. The number of aromatic hydroxyl groups is 1. The van der Waals surface area contributed by atoms with Gasteiger partial charge in [-0.25, -0.2) is 0 Å². The van der Waals surface area contributed by atoms with E-state index in [0.717, 1.165) is 35.9 Å². The number of likely N-dealkylation sites (tertiary alicyclic amines) is 1. The molecule has 2 saturated heterocycles. The third kappa shape index (κ3) is 3.71. The molecule has 0 spiro atoms. The van der Waals surface area contributed by atoms with Crippen molar-refractivity contribution in [3.63, 3.8) is 0 Å². The van der Waals surface area contributed by atoms with Gasteiger partial charge in [-0.15, -0.1) is 0 Å². The number of thioether (sulfide) groups is 1. The normalized spacial score (nSPS) is 22.8. The number of hydrogen-bond donors (Lipinski definition) is 1. The topological polar surface area (TPSA) is 77.9 Å². The molecule has 132 valence electrons. The van der Waals surface area contributed by atoms with E-state index in [4.69, 9.17) is 0 Å². The maximum Gasteiger partial charge on any atom is 0.294 e. The molecule has 0 saturated carbocycles. The van der Waals surface area contributed by atoms with E-state index in [1.54, 1.807) is 23.1 Å². The van der Waals surface area contributed by atoms with Crippen LogP contribution in [0, 0.1) is 0 Å². The van der Waals surface area contributed by atoms with Crippen LogP contribution >= 0.6 is 11.8 Å². The van der Waals surface area contributed by atoms with E-state index in [0.29, 0.717) is 12.1 Å². The van der Waals surface area contributed by atoms with E-state index in [-0.39, 0.29) is 29.1 Å². The lowest BCUT2D eigenvalue weighted by Crippen LogP contribution is -2.47. The molecule has 1 atom stereocenters. The number of phenols is 1. The Morgan fingerprint density at radius 1 is 1.32 bits per heavy atom. The zero-order valence-corrected chi connectivity index (χ0v) is 14.8. The predicted molar refractivity (Wildman–Crippen MR) is 95.8 cm³/mol. The highest BCUT2D eigenvalue weighted by Crippen LogP contribution is 2.33. The van der Waals surface area contributed by atoms with E-state index in [9.17, 15) is 19.5 Å². The molecule has 0 aromatic heterocycles. The first-order valence-electron chi connectivity index (χ1n) is 8.30. The van der Waals surface area contributed by atoms with Crippen molar-refractivity contribution in [1.29, 1.82) is 0 Å². The van der Waals surface area contributed by atoms with Crippen LogP contribution in [-0.2, 0) is 9.59 Å². The van der Waals surface area contributed by atoms with Gasteiger partial charge in [0.25, 0.3) is 11.1 Å². The number of carbonyl (C=O) groups excluding carboxylic acids is 3. The predicted octanol–water partition coefficient (Wildman–Crippen LogP) is 2.83. The third-order valence-electron chi connectivity index (χ3n) is 4.51. The Morgan fingerprint density at radius 2 is 2.08 bits per heavy atom. The molecule has 2 fully saturated rings. The number of phenolic OH excluding ortho intramolecular Hbond substituents is 1. The number of hydrogen-bond acceptors (Lipinski definition) is 5. The van der Waals surface area contributed by atoms with Crippen molar-refractivity contribution < 1.29 is 19.5 Å². The summed E-state index contributed by atoms with van der Waals surface area (Å²) in [5.74, 6) is -0.651. The number of rotatable bonds is 3. The lowest BCUT2D eigenvalue weighted by Gasteiger charge is -2.34. The van der Waals surface area contributed by atoms with E-state index in [1.165, 1.54) is 12.1 Å². The smallest absolute Gasteiger partial charge is 0.294 e. The summed E-state index contributed by atoms with van der Waals surface area (Å²) in [6, 6.07) is 6.72. The molecule has 7 heteroatoms. The Bertz CT molecular complexity index is 746. The van der Waals surface area contributed by atoms with Crippen molar-refractivity contribution in [2.45, 2.75) is 32.2 Å². The first-order valence-corrected chi connectivity index (χ1v) is 9.12. The van der Waals surface area contributed by atoms with Crippen LogP contribution in [-0.4, -0.2) is 51.1 Å². The molecular formula is C18H20N2O4S. The highest BCUT2D eigenvalue weighted by Gasteiger charge is 2.38. The Morgan fingerprint density at radius 3 is 2.80 bits per heavy atom. The summed E-state index contributed by atoms with van der Waals surface area (Å²) in [5, 5.41) is 9.36. The third-order valence-corrected chi connectivity index (χ3v) is 5.42. The minimum Gasteiger partial charge on any atom is -0.507 e. The van der Waals surface area contributed by atoms with Crippen LogP contribution in [0.3, 0.4) is 0 Å². The zero-order chi connectivity index (χ0) is 18.0. The standard InChI is InChI=1S/C18H20N2O4S/c1-12-6-4-5-9-19(12)16(22)11-20-17(23)15(25-18(20)24)10-13-7-2-3-8-14(13)21/h2-3,7-8,10,12,21H,4-6,9,11H2,1H3/b15-10-/t12-/m0/s1. The molecule has 1 aromatic carbocycles. The summed E-state index contributed by atoms with van der Waals surface area (Å²) >= 11 is 0.791. The van der Waals surface area contributed by atoms with Crippen molar-refractivity contribution >= 4 is 34.9 Å². The van der Waals surface area contributed by atoms with Crippen LogP contribution in [0.25, 0.3) is 6.08 Å². The molecule has 1 N–H and O–H groups in total. The van der Waals surface area contributed by atoms with Crippen LogP contribution in [0.15, 0.2) is 29.2 Å². The Kier molecular flexibility index (Phi) is 5.13. The average molecular weight is 360 g/mol. The van der Waals surface area contributed by atoms with Crippen molar-refractivity contribution in [2.24, 2.45) is 0 Å². The minimum absolute atomic E-state index is 0.0347. The molecule has 1 aromatic rings. The number of para-hydroxylation sites is 1. The number of benzene rings is 1. The van der Waals surface area contributed by atoms with Crippen molar-refractivity contribution in [1.82, 2.24) is 9.80 Å². The van der Waals surface area contributed by atoms with Gasteiger partial charge in [0.2, 0.25) is 5.91 Å². The quantitative estimate of drug-likeness (QED) is 0.839. The highest BCUT2D eigenvalue weighted by molar-refractivity contribution is 8.18. The molecule has 3 amide bonds. The van der Waals surface area contributed by atoms with E-state index in [1.807, 2.05) is 6.92 Å². The first kappa shape index (κ1) is 17.5. The van der Waals surface area contributed by atoms with Gasteiger partial charge in [-0.3, -0.25) is 19.3 Å². The van der Waals surface area contributed by atoms with Crippen LogP contribution in [0.4, 0.5) is 4.79 Å². The maximum absolute atomic E-state index is 12.5. The summed E-state index contributed by atoms with van der Waals surface area (Å²) in [6.45, 7) is 2.43. The number of carbonyl (C=O) groups is 3. The molecule has 6 nitrogen and oxygen atoms in total. The first-order chi connectivity index (χ1) is 12.0. The zero-order valence-electron chi connectivity index (χ0n) is 14.0. The van der Waals surface area contributed by atoms with Crippen molar-refractivity contribution in [3.05, 3.63) is 34.7 Å². The Balaban J connectivity index is 1.73. The molecular weight excluding hydrogens is 340 g/mol. The summed E-state index contributed by atoms with van der Waals surface area (Å²) in [6.07, 6.45) is 4.47. The van der Waals surface area contributed by atoms with Crippen molar-refractivity contribution in [3.8, 4) is 5.75 Å². The van der Waals surface area contributed by atoms with Gasteiger partial charge < -0.3 is 10.0 Å². The van der Waals surface area contributed by atoms with E-state index < -0.39 is 11.1 Å². The lowest BCUT2D eigenvalue weighted by atomic mass is 10.0. The van der Waals surface area contributed by atoms with Gasteiger partial charge in [0.05, 0.1) is 4.91 Å². The van der Waals surface area contributed by atoms with Gasteiger partial charge in [0, 0.05) is 18.2 Å². The van der Waals surface area contributed by atoms with Gasteiger partial charge in [0.1, 0.15) is 12.3 Å². The van der Waals surface area contributed by atoms with Gasteiger partial charge in [-0.1, -0.05) is 18.2 Å². The molecule has 0 aliphatic carbocycles. The maximum atomic E-state index is 12.5. The van der Waals surface area contributed by atoms with E-state index in [2.05, 4.69) is 0 Å². The second kappa shape index (κ2) is 7.31. The molecule has 0 bridgehead atoms.